The van der Waals surface area contributed by atoms with Gasteiger partial charge in [0.1, 0.15) is 0 Å². The van der Waals surface area contributed by atoms with Crippen molar-refractivity contribution in [1.82, 2.24) is 0 Å². The third-order valence-corrected chi connectivity index (χ3v) is 1.49. The normalized spacial score (nSPS) is 23.6. The lowest BCUT2D eigenvalue weighted by Gasteiger charge is -2.08. The summed E-state index contributed by atoms with van der Waals surface area (Å²) in [6.07, 6.45) is 7.26. The average molecular weight is 134 g/mol. The number of nitriles is 1. The highest BCUT2D eigenvalue weighted by Crippen LogP contribution is 2.11. The van der Waals surface area contributed by atoms with Gasteiger partial charge in [-0.05, 0) is 12.0 Å². The van der Waals surface area contributed by atoms with Crippen LogP contribution in [0.2, 0.25) is 0 Å². The molecule has 0 amide bonds. The van der Waals surface area contributed by atoms with E-state index >= 15 is 0 Å². The summed E-state index contributed by atoms with van der Waals surface area (Å²) < 4.78 is 0. The van der Waals surface area contributed by atoms with E-state index in [4.69, 9.17) is 11.0 Å². The van der Waals surface area contributed by atoms with Gasteiger partial charge in [0, 0.05) is 6.04 Å². The Kier molecular flexibility index (Phi) is 2.24. The second-order valence-corrected chi connectivity index (χ2v) is 2.37. The number of hydrogen-bond donors (Lipinski definition) is 1. The Balaban J connectivity index is 2.52. The highest BCUT2D eigenvalue weighted by atomic mass is 14.6. The highest BCUT2D eigenvalue weighted by molar-refractivity contribution is 5.27. The Bertz CT molecular complexity index is 208. The first-order valence-corrected chi connectivity index (χ1v) is 3.32. The van der Waals surface area contributed by atoms with Crippen molar-refractivity contribution in [2.24, 2.45) is 5.73 Å². The van der Waals surface area contributed by atoms with Gasteiger partial charge in [-0.2, -0.15) is 5.26 Å². The molecule has 0 radical (unpaired) electrons. The van der Waals surface area contributed by atoms with Crippen LogP contribution >= 0.6 is 0 Å². The van der Waals surface area contributed by atoms with Gasteiger partial charge in [0.25, 0.3) is 0 Å². The summed E-state index contributed by atoms with van der Waals surface area (Å²) >= 11 is 0. The Morgan fingerprint density at radius 1 is 1.80 bits per heavy atom. The molecule has 2 heteroatoms. The highest BCUT2D eigenvalue weighted by Gasteiger charge is 2.01. The molecule has 0 aliphatic heterocycles. The molecule has 0 bridgehead atoms. The first kappa shape index (κ1) is 7.04. The number of nitrogens with two attached hydrogens (primary N) is 1. The first-order chi connectivity index (χ1) is 4.83. The molecule has 0 aromatic carbocycles. The van der Waals surface area contributed by atoms with Crippen LogP contribution in [0, 0.1) is 11.3 Å². The lowest BCUT2D eigenvalue weighted by Crippen LogP contribution is -2.17. The van der Waals surface area contributed by atoms with Crippen molar-refractivity contribution in [3.63, 3.8) is 0 Å². The molecule has 1 aliphatic rings. The number of hydrogen-bond acceptors (Lipinski definition) is 2. The minimum Gasteiger partial charge on any atom is -0.324 e. The van der Waals surface area contributed by atoms with Crippen molar-refractivity contribution in [1.29, 1.82) is 5.26 Å². The zero-order chi connectivity index (χ0) is 7.40. The molecule has 0 saturated carbocycles. The van der Waals surface area contributed by atoms with E-state index in [2.05, 4.69) is 6.07 Å². The van der Waals surface area contributed by atoms with Crippen LogP contribution in [0.25, 0.3) is 0 Å². The molecule has 52 valence electrons. The summed E-state index contributed by atoms with van der Waals surface area (Å²) in [6.45, 7) is 0. The summed E-state index contributed by atoms with van der Waals surface area (Å²) in [4.78, 5) is 0. The lowest BCUT2D eigenvalue weighted by molar-refractivity contribution is 0.815. The van der Waals surface area contributed by atoms with E-state index < -0.39 is 0 Å². The zero-order valence-electron chi connectivity index (χ0n) is 5.75. The maximum Gasteiger partial charge on any atom is 0.0669 e. The second kappa shape index (κ2) is 3.19. The van der Waals surface area contributed by atoms with Crippen molar-refractivity contribution in [2.45, 2.75) is 18.9 Å². The molecule has 0 aromatic heterocycles. The van der Waals surface area contributed by atoms with E-state index in [0.29, 0.717) is 6.42 Å². The van der Waals surface area contributed by atoms with Crippen LogP contribution in [0.4, 0.5) is 0 Å². The molecule has 0 spiro atoms. The van der Waals surface area contributed by atoms with E-state index in [0.717, 1.165) is 12.0 Å². The summed E-state index contributed by atoms with van der Waals surface area (Å²) in [5.74, 6) is 0. The fourth-order valence-electron chi connectivity index (χ4n) is 0.904. The molecule has 1 atom stereocenters. The molecule has 0 heterocycles. The van der Waals surface area contributed by atoms with Gasteiger partial charge in [0.15, 0.2) is 0 Å². The molecule has 0 aromatic rings. The van der Waals surface area contributed by atoms with E-state index in [9.17, 15) is 0 Å². The molecule has 10 heavy (non-hydrogen) atoms. The van der Waals surface area contributed by atoms with Crippen LogP contribution in [0.5, 0.6) is 0 Å². The minimum atomic E-state index is 0.155. The third-order valence-electron chi connectivity index (χ3n) is 1.49. The smallest absolute Gasteiger partial charge is 0.0669 e. The SMILES string of the molecule is N#CCC1=CCC(N)C=C1. The van der Waals surface area contributed by atoms with Crippen molar-refractivity contribution in [2.75, 3.05) is 0 Å². The summed E-state index contributed by atoms with van der Waals surface area (Å²) in [6, 6.07) is 2.25. The van der Waals surface area contributed by atoms with Gasteiger partial charge in [-0.1, -0.05) is 18.2 Å². The van der Waals surface area contributed by atoms with E-state index in [1.54, 1.807) is 0 Å². The average Bonchev–Trinajstić information content (AvgIpc) is 1.95. The number of nitrogens with zero attached hydrogens (tertiary/aromatic N) is 1. The summed E-state index contributed by atoms with van der Waals surface area (Å²) in [5.41, 5.74) is 6.67. The van der Waals surface area contributed by atoms with Gasteiger partial charge < -0.3 is 5.73 Å². The van der Waals surface area contributed by atoms with Crippen molar-refractivity contribution >= 4 is 0 Å². The van der Waals surface area contributed by atoms with Gasteiger partial charge in [0.2, 0.25) is 0 Å². The molecule has 0 fully saturated rings. The fourth-order valence-corrected chi connectivity index (χ4v) is 0.904. The molecule has 1 aliphatic carbocycles. The molecular weight excluding hydrogens is 124 g/mol. The summed E-state index contributed by atoms with van der Waals surface area (Å²) in [7, 11) is 0. The molecule has 1 rings (SSSR count). The van der Waals surface area contributed by atoms with Crippen LogP contribution in [0.3, 0.4) is 0 Å². The Morgan fingerprint density at radius 2 is 2.60 bits per heavy atom. The fraction of sp³-hybridized carbons (Fsp3) is 0.375. The Morgan fingerprint density at radius 3 is 3.10 bits per heavy atom. The van der Waals surface area contributed by atoms with Crippen molar-refractivity contribution in [3.8, 4) is 6.07 Å². The van der Waals surface area contributed by atoms with Crippen molar-refractivity contribution < 1.29 is 0 Å². The first-order valence-electron chi connectivity index (χ1n) is 3.32. The second-order valence-electron chi connectivity index (χ2n) is 2.37. The molecule has 2 nitrogen and oxygen atoms in total. The van der Waals surface area contributed by atoms with Gasteiger partial charge in [-0.25, -0.2) is 0 Å². The van der Waals surface area contributed by atoms with E-state index in [1.165, 1.54) is 0 Å². The monoisotopic (exact) mass is 134 g/mol. The minimum absolute atomic E-state index is 0.155. The quantitative estimate of drug-likeness (QED) is 0.584. The van der Waals surface area contributed by atoms with Crippen LogP contribution in [0.1, 0.15) is 12.8 Å². The zero-order valence-corrected chi connectivity index (χ0v) is 5.75. The maximum atomic E-state index is 8.33. The standard InChI is InChI=1S/C8H10N2/c9-6-5-7-1-3-8(10)4-2-7/h1-3,8H,4-5,10H2. The third kappa shape index (κ3) is 1.71. The van der Waals surface area contributed by atoms with Crippen LogP contribution in [-0.4, -0.2) is 6.04 Å². The number of allylic oxidation sites excluding steroid dienone is 2. The van der Waals surface area contributed by atoms with Gasteiger partial charge in [-0.15, -0.1) is 0 Å². The van der Waals surface area contributed by atoms with Crippen LogP contribution in [0.15, 0.2) is 23.8 Å². The predicted molar refractivity (Wildman–Crippen MR) is 40.0 cm³/mol. The topological polar surface area (TPSA) is 49.8 Å². The van der Waals surface area contributed by atoms with Crippen LogP contribution < -0.4 is 5.73 Å². The summed E-state index contributed by atoms with van der Waals surface area (Å²) in [5, 5.41) is 8.33. The van der Waals surface area contributed by atoms with Gasteiger partial charge >= 0.3 is 0 Å². The molecule has 0 saturated heterocycles. The van der Waals surface area contributed by atoms with E-state index in [-0.39, 0.29) is 6.04 Å². The number of rotatable bonds is 1. The van der Waals surface area contributed by atoms with E-state index in [1.807, 2.05) is 18.2 Å². The predicted octanol–water partition coefficient (Wildman–Crippen LogP) is 1.11. The van der Waals surface area contributed by atoms with Gasteiger partial charge in [0.05, 0.1) is 12.5 Å². The largest absolute Gasteiger partial charge is 0.324 e. The van der Waals surface area contributed by atoms with Gasteiger partial charge in [-0.3, -0.25) is 0 Å². The molecule has 1 unspecified atom stereocenters. The molecule has 2 N–H and O–H groups in total. The maximum absolute atomic E-state index is 8.33. The lowest BCUT2D eigenvalue weighted by atomic mass is 10.0. The van der Waals surface area contributed by atoms with Crippen molar-refractivity contribution in [3.05, 3.63) is 23.8 Å². The Labute approximate surface area is 60.6 Å². The molecular formula is C8H10N2. The Hall–Kier alpha value is -1.07. The van der Waals surface area contributed by atoms with Crippen LogP contribution in [-0.2, 0) is 0 Å².